The zero-order chi connectivity index (χ0) is 30.2. The fraction of sp³-hybridized carbons (Fsp3) is 0.267. The van der Waals surface area contributed by atoms with Gasteiger partial charge >= 0.3 is 0 Å². The third-order valence-electron chi connectivity index (χ3n) is 7.91. The Bertz CT molecular complexity index is 1780. The molecule has 4 aromatic rings. The van der Waals surface area contributed by atoms with Gasteiger partial charge in [0.15, 0.2) is 5.69 Å². The maximum absolute atomic E-state index is 13.7. The topological polar surface area (TPSA) is 152 Å². The Morgan fingerprint density at radius 1 is 1.02 bits per heavy atom. The van der Waals surface area contributed by atoms with E-state index in [9.17, 15) is 23.6 Å². The van der Waals surface area contributed by atoms with Gasteiger partial charge in [0.05, 0.1) is 11.9 Å². The van der Waals surface area contributed by atoms with Crippen LogP contribution >= 0.6 is 11.6 Å². The van der Waals surface area contributed by atoms with Gasteiger partial charge in [-0.3, -0.25) is 23.9 Å². The molecule has 1 saturated heterocycles. The maximum atomic E-state index is 13.7. The lowest BCUT2D eigenvalue weighted by Crippen LogP contribution is -2.52. The van der Waals surface area contributed by atoms with Crippen LogP contribution in [0.4, 0.5) is 15.9 Å². The predicted molar refractivity (Wildman–Crippen MR) is 157 cm³/mol. The molecular weight excluding hydrogens is 577 g/mol. The first-order chi connectivity index (χ1) is 20.7. The maximum Gasteiger partial charge on any atom is 0.269 e. The average molecular weight is 604 g/mol. The minimum atomic E-state index is -0.800. The SMILES string of the molecule is NC(=O)c1nn(CC(=O)N2[C@@H]3CC[C@@H](C3)[C@H]2C(=O)Nc2cccc(Cl)n2)c2ccc(NC(=O)Cc3cccc(F)c3)cc12. The van der Waals surface area contributed by atoms with Crippen LogP contribution in [0.3, 0.4) is 0 Å². The number of hydrogen-bond acceptors (Lipinski definition) is 6. The van der Waals surface area contributed by atoms with Gasteiger partial charge in [0, 0.05) is 17.1 Å². The first-order valence-corrected chi connectivity index (χ1v) is 14.1. The van der Waals surface area contributed by atoms with Crippen molar-refractivity contribution in [3.63, 3.8) is 0 Å². The number of anilines is 2. The summed E-state index contributed by atoms with van der Waals surface area (Å²) in [4.78, 5) is 57.6. The van der Waals surface area contributed by atoms with Crippen molar-refractivity contribution in [1.82, 2.24) is 19.7 Å². The van der Waals surface area contributed by atoms with E-state index in [2.05, 4.69) is 20.7 Å². The van der Waals surface area contributed by atoms with Gasteiger partial charge < -0.3 is 21.3 Å². The summed E-state index contributed by atoms with van der Waals surface area (Å²) in [6.07, 6.45) is 2.30. The summed E-state index contributed by atoms with van der Waals surface area (Å²) in [6, 6.07) is 14.7. The van der Waals surface area contributed by atoms with Crippen LogP contribution in [0.15, 0.2) is 60.7 Å². The summed E-state index contributed by atoms with van der Waals surface area (Å²) < 4.78 is 14.9. The summed E-state index contributed by atoms with van der Waals surface area (Å²) in [7, 11) is 0. The number of halogens is 2. The first-order valence-electron chi connectivity index (χ1n) is 13.8. The van der Waals surface area contributed by atoms with Crippen LogP contribution in [0.25, 0.3) is 10.9 Å². The number of nitrogens with one attached hydrogen (secondary N) is 2. The fourth-order valence-corrected chi connectivity index (χ4v) is 6.33. The van der Waals surface area contributed by atoms with E-state index in [1.165, 1.54) is 22.9 Å². The third-order valence-corrected chi connectivity index (χ3v) is 8.12. The summed E-state index contributed by atoms with van der Waals surface area (Å²) in [5.41, 5.74) is 6.89. The molecule has 2 aromatic heterocycles. The van der Waals surface area contributed by atoms with E-state index < -0.39 is 17.8 Å². The standard InChI is InChI=1S/C30H27ClFN7O4/c31-23-5-2-6-24(35-23)36-30(43)28-17-7-9-20(13-17)39(28)26(41)15-38-22-10-8-19(14-21(22)27(37-38)29(33)42)34-25(40)12-16-3-1-4-18(32)11-16/h1-6,8,10-11,14,17,20,28H,7,9,12-13,15H2,(H2,33,42)(H,34,40)(H,35,36,43)/t17-,20+,28-/m0/s1. The molecule has 2 aliphatic rings. The highest BCUT2D eigenvalue weighted by atomic mass is 35.5. The number of amides is 4. The molecule has 2 fully saturated rings. The van der Waals surface area contributed by atoms with Gasteiger partial charge in [0.1, 0.15) is 29.4 Å². The van der Waals surface area contributed by atoms with E-state index in [4.69, 9.17) is 17.3 Å². The second kappa shape index (κ2) is 11.4. The second-order valence-electron chi connectivity index (χ2n) is 10.8. The van der Waals surface area contributed by atoms with Crippen LogP contribution in [0.1, 0.15) is 35.3 Å². The van der Waals surface area contributed by atoms with Crippen molar-refractivity contribution < 1.29 is 23.6 Å². The van der Waals surface area contributed by atoms with E-state index >= 15 is 0 Å². The van der Waals surface area contributed by atoms with Crippen molar-refractivity contribution in [2.75, 3.05) is 10.6 Å². The number of nitrogens with zero attached hydrogens (tertiary/aromatic N) is 4. The molecule has 43 heavy (non-hydrogen) atoms. The molecule has 6 rings (SSSR count). The van der Waals surface area contributed by atoms with Gasteiger partial charge in [0.2, 0.25) is 17.7 Å². The number of hydrogen-bond donors (Lipinski definition) is 3. The molecule has 220 valence electrons. The zero-order valence-corrected chi connectivity index (χ0v) is 23.6. The largest absolute Gasteiger partial charge is 0.364 e. The lowest BCUT2D eigenvalue weighted by atomic mass is 9.97. The molecule has 4 N–H and O–H groups in total. The molecule has 13 heteroatoms. The molecule has 3 heterocycles. The van der Waals surface area contributed by atoms with Crippen molar-refractivity contribution in [2.45, 2.75) is 44.3 Å². The van der Waals surface area contributed by atoms with Crippen molar-refractivity contribution in [3.05, 3.63) is 82.9 Å². The first kappa shape index (κ1) is 28.3. The fourth-order valence-electron chi connectivity index (χ4n) is 6.17. The van der Waals surface area contributed by atoms with Crippen LogP contribution in [-0.2, 0) is 27.3 Å². The van der Waals surface area contributed by atoms with E-state index in [-0.39, 0.29) is 53.5 Å². The minimum absolute atomic E-state index is 0.0160. The third kappa shape index (κ3) is 5.78. The summed E-state index contributed by atoms with van der Waals surface area (Å²) in [5.74, 6) is -1.96. The van der Waals surface area contributed by atoms with Gasteiger partial charge in [-0.2, -0.15) is 5.10 Å². The Balaban J connectivity index is 1.21. The number of rotatable bonds is 8. The number of carbonyl (C=O) groups is 4. The van der Waals surface area contributed by atoms with E-state index in [0.29, 0.717) is 28.0 Å². The number of carbonyl (C=O) groups excluding carboxylic acids is 4. The van der Waals surface area contributed by atoms with Crippen molar-refractivity contribution >= 4 is 57.6 Å². The number of aromatic nitrogens is 3. The Morgan fingerprint density at radius 2 is 1.84 bits per heavy atom. The van der Waals surface area contributed by atoms with Crippen molar-refractivity contribution in [2.24, 2.45) is 11.7 Å². The van der Waals surface area contributed by atoms with Gasteiger partial charge in [-0.05, 0) is 73.2 Å². The molecule has 0 radical (unpaired) electrons. The minimum Gasteiger partial charge on any atom is -0.364 e. The van der Waals surface area contributed by atoms with Crippen LogP contribution in [0.5, 0.6) is 0 Å². The molecule has 4 amide bonds. The molecule has 1 aliphatic heterocycles. The monoisotopic (exact) mass is 603 g/mol. The summed E-state index contributed by atoms with van der Waals surface area (Å²) >= 11 is 5.96. The Hall–Kier alpha value is -4.84. The Morgan fingerprint density at radius 3 is 2.60 bits per heavy atom. The van der Waals surface area contributed by atoms with Gasteiger partial charge in [-0.1, -0.05) is 29.8 Å². The molecule has 0 unspecified atom stereocenters. The normalized spacial score (nSPS) is 19.0. The quantitative estimate of drug-likeness (QED) is 0.262. The lowest BCUT2D eigenvalue weighted by molar-refractivity contribution is -0.141. The van der Waals surface area contributed by atoms with Crippen molar-refractivity contribution in [3.8, 4) is 0 Å². The molecule has 1 aliphatic carbocycles. The molecule has 1 saturated carbocycles. The van der Waals surface area contributed by atoms with E-state index in [0.717, 1.165) is 19.3 Å². The van der Waals surface area contributed by atoms with Crippen LogP contribution in [-0.4, -0.2) is 55.4 Å². The second-order valence-corrected chi connectivity index (χ2v) is 11.2. The van der Waals surface area contributed by atoms with Gasteiger partial charge in [-0.25, -0.2) is 9.37 Å². The Kier molecular flexibility index (Phi) is 7.53. The number of likely N-dealkylation sites (tertiary alicyclic amines) is 1. The highest BCUT2D eigenvalue weighted by molar-refractivity contribution is 6.29. The number of primary amides is 1. The van der Waals surface area contributed by atoms with Crippen LogP contribution in [0.2, 0.25) is 5.15 Å². The molecule has 2 bridgehead atoms. The van der Waals surface area contributed by atoms with E-state index in [1.807, 2.05) is 0 Å². The highest BCUT2D eigenvalue weighted by Crippen LogP contribution is 2.43. The highest BCUT2D eigenvalue weighted by Gasteiger charge is 2.51. The zero-order valence-electron chi connectivity index (χ0n) is 22.8. The molecular formula is C30H27ClFN7O4. The molecule has 3 atom stereocenters. The number of piperidine rings is 1. The molecule has 2 aromatic carbocycles. The number of pyridine rings is 1. The summed E-state index contributed by atoms with van der Waals surface area (Å²) in [5, 5.41) is 10.4. The lowest BCUT2D eigenvalue weighted by Gasteiger charge is -2.34. The average Bonchev–Trinajstić information content (AvgIpc) is 3.66. The predicted octanol–water partition coefficient (Wildman–Crippen LogP) is 3.52. The number of fused-ring (bicyclic) bond motifs is 3. The van der Waals surface area contributed by atoms with Crippen molar-refractivity contribution in [1.29, 1.82) is 0 Å². The summed E-state index contributed by atoms with van der Waals surface area (Å²) in [6.45, 7) is -0.225. The molecule has 0 spiro atoms. The number of benzene rings is 2. The molecule has 11 nitrogen and oxygen atoms in total. The smallest absolute Gasteiger partial charge is 0.269 e. The van der Waals surface area contributed by atoms with Gasteiger partial charge in [-0.15, -0.1) is 0 Å². The van der Waals surface area contributed by atoms with Crippen LogP contribution in [0, 0.1) is 11.7 Å². The van der Waals surface area contributed by atoms with E-state index in [1.54, 1.807) is 47.4 Å². The Labute approximate surface area is 250 Å². The van der Waals surface area contributed by atoms with Gasteiger partial charge in [0.25, 0.3) is 5.91 Å². The number of nitrogens with two attached hydrogens (primary N) is 1. The van der Waals surface area contributed by atoms with Crippen LogP contribution < -0.4 is 16.4 Å².